The highest BCUT2D eigenvalue weighted by Gasteiger charge is 2.53. The van der Waals surface area contributed by atoms with Gasteiger partial charge in [0.1, 0.15) is 5.82 Å². The van der Waals surface area contributed by atoms with Gasteiger partial charge < -0.3 is 34.7 Å². The van der Waals surface area contributed by atoms with Crippen molar-refractivity contribution in [2.75, 3.05) is 18.5 Å². The molecule has 1 fully saturated rings. The molecule has 11 heteroatoms. The Morgan fingerprint density at radius 3 is 2.51 bits per heavy atom. The predicted octanol–water partition coefficient (Wildman–Crippen LogP) is 4.13. The Kier molecular flexibility index (Phi) is 5.93. The van der Waals surface area contributed by atoms with Gasteiger partial charge in [0.2, 0.25) is 5.91 Å². The molecule has 8 nitrogen and oxygen atoms in total. The molecule has 0 unspecified atom stereocenters. The van der Waals surface area contributed by atoms with Crippen molar-refractivity contribution in [3.05, 3.63) is 53.5 Å². The lowest BCUT2D eigenvalue weighted by Crippen LogP contribution is -2.29. The summed E-state index contributed by atoms with van der Waals surface area (Å²) in [5.41, 5.74) is -0.304. The monoisotopic (exact) mass is 526 g/mol. The predicted molar refractivity (Wildman–Crippen MR) is 134 cm³/mol. The first kappa shape index (κ1) is 25.4. The molecular formula is C26H33F3N2O6. The minimum Gasteiger partial charge on any atom is -0.395 e. The first-order chi connectivity index (χ1) is 17.4. The van der Waals surface area contributed by atoms with Crippen LogP contribution in [0.4, 0.5) is 18.9 Å². The molecule has 2 aromatic carbocycles. The molecule has 4 N–H and O–H groups in total. The Labute approximate surface area is 214 Å². The summed E-state index contributed by atoms with van der Waals surface area (Å²) >= 11 is 0. The molecule has 1 aliphatic heterocycles. The lowest BCUT2D eigenvalue weighted by atomic mass is 9.90. The first-order valence-corrected chi connectivity index (χ1v) is 11.8. The summed E-state index contributed by atoms with van der Waals surface area (Å²) in [6, 6.07) is 8.63. The number of nitrogens with zero attached hydrogens (tertiary/aromatic N) is 1. The van der Waals surface area contributed by atoms with Gasteiger partial charge in [-0.15, -0.1) is 8.78 Å². The number of carbonyl (C=O) groups excluding carboxylic acids is 1. The zero-order valence-electron chi connectivity index (χ0n) is 20.2. The highest BCUT2D eigenvalue weighted by atomic mass is 19.3. The van der Waals surface area contributed by atoms with Crippen molar-refractivity contribution in [3.63, 3.8) is 0 Å². The number of aromatic nitrogens is 1. The maximum absolute atomic E-state index is 15.2. The van der Waals surface area contributed by atoms with Gasteiger partial charge in [0, 0.05) is 26.8 Å². The van der Waals surface area contributed by atoms with Crippen LogP contribution < -0.4 is 14.8 Å². The van der Waals surface area contributed by atoms with E-state index in [-0.39, 0.29) is 34.6 Å². The molecule has 1 atom stereocenters. The van der Waals surface area contributed by atoms with Crippen LogP contribution in [0.1, 0.15) is 42.2 Å². The van der Waals surface area contributed by atoms with Gasteiger partial charge in [-0.05, 0) is 42.7 Å². The van der Waals surface area contributed by atoms with Crippen LogP contribution in [0, 0.1) is 5.82 Å². The second-order valence-corrected chi connectivity index (χ2v) is 10.3. The number of nitrogens with one attached hydrogen (secondary N) is 1. The number of alkyl halides is 2. The van der Waals surface area contributed by atoms with Gasteiger partial charge in [0.15, 0.2) is 11.5 Å². The quantitative estimate of drug-likeness (QED) is 0.351. The topological polar surface area (TPSA) is 113 Å². The maximum Gasteiger partial charge on any atom is 0.586 e. The number of aliphatic hydroxyl groups excluding tert-OH is 3. The van der Waals surface area contributed by atoms with Crippen molar-refractivity contribution in [1.29, 1.82) is 0 Å². The van der Waals surface area contributed by atoms with Gasteiger partial charge in [0.05, 0.1) is 42.5 Å². The number of anilines is 1. The molecule has 2 heterocycles. The second kappa shape index (κ2) is 8.64. The highest BCUT2D eigenvalue weighted by Crippen LogP contribution is 2.52. The zero-order chi connectivity index (χ0) is 26.8. The van der Waals surface area contributed by atoms with Gasteiger partial charge in [-0.3, -0.25) is 4.79 Å². The highest BCUT2D eigenvalue weighted by molar-refractivity contribution is 6.02. The Bertz CT molecular complexity index is 1400. The summed E-state index contributed by atoms with van der Waals surface area (Å²) < 4.78 is 52.6. The van der Waals surface area contributed by atoms with E-state index >= 15 is 4.39 Å². The van der Waals surface area contributed by atoms with Crippen LogP contribution in [0.3, 0.4) is 0 Å². The Balaban J connectivity index is 0.00000187. The van der Waals surface area contributed by atoms with E-state index in [0.29, 0.717) is 35.0 Å². The van der Waals surface area contributed by atoms with Crippen LogP contribution in [-0.2, 0) is 22.2 Å². The molecule has 1 amide bonds. The third-order valence-electron chi connectivity index (χ3n) is 7.07. The van der Waals surface area contributed by atoms with Gasteiger partial charge in [-0.2, -0.15) is 0 Å². The summed E-state index contributed by atoms with van der Waals surface area (Å²) in [6.07, 6.45) is -3.97. The lowest BCUT2D eigenvalue weighted by molar-refractivity contribution is -0.286. The Hall–Kier alpha value is -3.28. The van der Waals surface area contributed by atoms with Crippen molar-refractivity contribution < 1.29 is 47.0 Å². The van der Waals surface area contributed by atoms with Crippen LogP contribution in [0.2, 0.25) is 0 Å². The fourth-order valence-electron chi connectivity index (χ4n) is 4.75. The van der Waals surface area contributed by atoms with E-state index in [1.807, 2.05) is 0 Å². The number of carbonyl (C=O) groups is 1. The first-order valence-electron chi connectivity index (χ1n) is 11.8. The number of benzene rings is 2. The van der Waals surface area contributed by atoms with E-state index in [4.69, 9.17) is 0 Å². The molecule has 2 aliphatic rings. The molecule has 37 heavy (non-hydrogen) atoms. The van der Waals surface area contributed by atoms with Gasteiger partial charge in [-0.1, -0.05) is 19.9 Å². The van der Waals surface area contributed by atoms with Gasteiger partial charge in [0.25, 0.3) is 0 Å². The average molecular weight is 527 g/mol. The van der Waals surface area contributed by atoms with Gasteiger partial charge >= 0.3 is 6.29 Å². The fraction of sp³-hybridized carbons (Fsp3) is 0.423. The minimum absolute atomic E-state index is 0. The largest absolute Gasteiger partial charge is 0.586 e. The number of ether oxygens (including phenoxy) is 2. The summed E-state index contributed by atoms with van der Waals surface area (Å²) in [7, 11) is 0. The van der Waals surface area contributed by atoms with E-state index < -0.39 is 41.6 Å². The number of hydrogen-bond acceptors (Lipinski definition) is 6. The number of hydrogen-bond donors (Lipinski definition) is 4. The number of halogens is 3. The number of aliphatic hydroxyl groups is 3. The van der Waals surface area contributed by atoms with Crippen molar-refractivity contribution in [2.45, 2.75) is 56.5 Å². The van der Waals surface area contributed by atoms with Crippen LogP contribution in [0.25, 0.3) is 10.9 Å². The standard InChI is InChI=1S/C26H27F3N2O6.3H2/c1-24(2,13-33)22-8-14-7-18(17(27)10-19(14)31(22)11-16(34)12-32)30-23(35)25(5-6-25)15-3-4-20-21(9-15)37-26(28,29)36-20;;;/h3-4,7-10,16,32-34H,5-6,11-13H2,1-2H3,(H,30,35);3*1H/t16-;;;/m0.../s1. The van der Waals surface area contributed by atoms with Crippen LogP contribution in [0.5, 0.6) is 11.5 Å². The summed E-state index contributed by atoms with van der Waals surface area (Å²) in [4.78, 5) is 13.3. The van der Waals surface area contributed by atoms with Crippen LogP contribution in [0.15, 0.2) is 36.4 Å². The Morgan fingerprint density at radius 1 is 1.16 bits per heavy atom. The van der Waals surface area contributed by atoms with E-state index in [0.717, 1.165) is 0 Å². The molecular weight excluding hydrogens is 493 g/mol. The van der Waals surface area contributed by atoms with Crippen molar-refractivity contribution >= 4 is 22.5 Å². The second-order valence-electron chi connectivity index (χ2n) is 10.3. The molecule has 0 saturated heterocycles. The summed E-state index contributed by atoms with van der Waals surface area (Å²) in [5, 5.41) is 32.5. The zero-order valence-corrected chi connectivity index (χ0v) is 20.2. The number of amides is 1. The van der Waals surface area contributed by atoms with E-state index in [2.05, 4.69) is 14.8 Å². The molecule has 204 valence electrons. The lowest BCUT2D eigenvalue weighted by Gasteiger charge is -2.25. The number of fused-ring (bicyclic) bond motifs is 2. The molecule has 5 rings (SSSR count). The van der Waals surface area contributed by atoms with Crippen molar-refractivity contribution in [1.82, 2.24) is 4.57 Å². The Morgan fingerprint density at radius 2 is 1.86 bits per heavy atom. The average Bonchev–Trinajstić information content (AvgIpc) is 3.50. The SMILES string of the molecule is CC(C)(CO)c1cc2cc(NC(=O)C3(c4ccc5c(c4)OC(F)(F)O5)CC3)c(F)cc2n1C[C@H](O)CO.[HH].[HH].[HH]. The summed E-state index contributed by atoms with van der Waals surface area (Å²) in [5.74, 6) is -1.49. The molecule has 0 spiro atoms. The molecule has 3 aromatic rings. The smallest absolute Gasteiger partial charge is 0.395 e. The minimum atomic E-state index is -3.77. The van der Waals surface area contributed by atoms with E-state index in [1.54, 1.807) is 24.5 Å². The number of rotatable bonds is 8. The van der Waals surface area contributed by atoms with Crippen molar-refractivity contribution in [3.8, 4) is 11.5 Å². The van der Waals surface area contributed by atoms with E-state index in [9.17, 15) is 28.9 Å². The normalized spacial score (nSPS) is 18.2. The van der Waals surface area contributed by atoms with Gasteiger partial charge in [-0.25, -0.2) is 4.39 Å². The molecule has 1 aliphatic carbocycles. The third-order valence-corrected chi connectivity index (χ3v) is 7.07. The molecule has 0 bridgehead atoms. The molecule has 1 aromatic heterocycles. The van der Waals surface area contributed by atoms with Crippen LogP contribution in [-0.4, -0.2) is 51.4 Å². The van der Waals surface area contributed by atoms with Crippen LogP contribution >= 0.6 is 0 Å². The summed E-state index contributed by atoms with van der Waals surface area (Å²) in [6.45, 7) is 2.86. The van der Waals surface area contributed by atoms with E-state index in [1.165, 1.54) is 30.3 Å². The van der Waals surface area contributed by atoms with Crippen molar-refractivity contribution in [2.24, 2.45) is 0 Å². The maximum atomic E-state index is 15.2. The molecule has 1 saturated carbocycles. The fourth-order valence-corrected chi connectivity index (χ4v) is 4.75. The molecule has 0 radical (unpaired) electrons. The third kappa shape index (κ3) is 4.41.